The van der Waals surface area contributed by atoms with Crippen molar-refractivity contribution in [1.82, 2.24) is 0 Å². The van der Waals surface area contributed by atoms with Gasteiger partial charge in [0.25, 0.3) is 0 Å². The van der Waals surface area contributed by atoms with Gasteiger partial charge in [-0.25, -0.2) is 26.3 Å². The first-order valence-electron chi connectivity index (χ1n) is 5.86. The van der Waals surface area contributed by atoms with Crippen LogP contribution in [-0.4, -0.2) is 15.0 Å². The van der Waals surface area contributed by atoms with Crippen molar-refractivity contribution in [2.24, 2.45) is 0 Å². The molecule has 0 bridgehead atoms. The maximum atomic E-state index is 14.1. The van der Waals surface area contributed by atoms with Crippen molar-refractivity contribution in [3.05, 3.63) is 46.5 Å². The summed E-state index contributed by atoms with van der Waals surface area (Å²) in [6.45, 7) is 1.07. The lowest BCUT2D eigenvalue weighted by Crippen LogP contribution is -2.19. The zero-order chi connectivity index (χ0) is 16.8. The Morgan fingerprint density at radius 3 is 1.95 bits per heavy atom. The highest BCUT2D eigenvalue weighted by atomic mass is 19.2. The van der Waals surface area contributed by atoms with E-state index in [4.69, 9.17) is 7.85 Å². The predicted molar refractivity (Wildman–Crippen MR) is 68.3 cm³/mol. The third-order valence-electron chi connectivity index (χ3n) is 3.11. The van der Waals surface area contributed by atoms with Gasteiger partial charge in [-0.2, -0.15) is 0 Å². The monoisotopic (exact) mass is 316 g/mol. The van der Waals surface area contributed by atoms with E-state index in [1.54, 1.807) is 0 Å². The van der Waals surface area contributed by atoms with Crippen molar-refractivity contribution < 1.29 is 31.1 Å². The van der Waals surface area contributed by atoms with Gasteiger partial charge in [0, 0.05) is 0 Å². The first kappa shape index (κ1) is 16.3. The molecule has 0 atom stereocenters. The van der Waals surface area contributed by atoms with Crippen LogP contribution in [-0.2, 0) is 0 Å². The molecule has 0 amide bonds. The maximum absolute atomic E-state index is 14.1. The molecule has 0 N–H and O–H groups in total. The van der Waals surface area contributed by atoms with Crippen LogP contribution in [0.25, 0.3) is 11.1 Å². The zero-order valence-corrected chi connectivity index (χ0v) is 11.3. The second-order valence-corrected chi connectivity index (χ2v) is 4.44. The molecule has 0 aliphatic heterocycles. The van der Waals surface area contributed by atoms with Gasteiger partial charge < -0.3 is 4.74 Å². The van der Waals surface area contributed by atoms with Gasteiger partial charge in [-0.15, -0.1) is 0 Å². The normalized spacial score (nSPS) is 10.9. The van der Waals surface area contributed by atoms with Crippen molar-refractivity contribution in [2.45, 2.75) is 6.92 Å². The van der Waals surface area contributed by atoms with Gasteiger partial charge in [0.05, 0.1) is 18.2 Å². The average molecular weight is 316 g/mol. The molecule has 0 aliphatic rings. The van der Waals surface area contributed by atoms with Gasteiger partial charge in [-0.1, -0.05) is 0 Å². The number of rotatable bonds is 2. The van der Waals surface area contributed by atoms with Gasteiger partial charge in [0.2, 0.25) is 0 Å². The second kappa shape index (κ2) is 5.59. The Labute approximate surface area is 122 Å². The first-order chi connectivity index (χ1) is 10.2. The highest BCUT2D eigenvalue weighted by Crippen LogP contribution is 2.36. The van der Waals surface area contributed by atoms with Gasteiger partial charge >= 0.3 is 0 Å². The minimum Gasteiger partial charge on any atom is -0.491 e. The molecule has 114 valence electrons. The van der Waals surface area contributed by atoms with E-state index in [9.17, 15) is 26.3 Å². The number of methoxy groups -OCH3 is 1. The predicted octanol–water partition coefficient (Wildman–Crippen LogP) is 3.30. The summed E-state index contributed by atoms with van der Waals surface area (Å²) in [7, 11) is 5.95. The molecule has 1 nitrogen and oxygen atoms in total. The minimum absolute atomic E-state index is 0.401. The fourth-order valence-electron chi connectivity index (χ4n) is 2.00. The lowest BCUT2D eigenvalue weighted by atomic mass is 9.89. The molecule has 2 aromatic carbocycles. The van der Waals surface area contributed by atoms with Gasteiger partial charge in [-0.05, 0) is 24.0 Å². The Bertz CT molecular complexity index is 775. The van der Waals surface area contributed by atoms with Crippen molar-refractivity contribution in [3.63, 3.8) is 0 Å². The molecule has 2 radical (unpaired) electrons. The van der Waals surface area contributed by atoms with Gasteiger partial charge in [0.15, 0.2) is 29.0 Å². The number of hydrogen-bond donors (Lipinski definition) is 0. The average Bonchev–Trinajstić information content (AvgIpc) is 2.47. The molecule has 0 aliphatic carbocycles. The third kappa shape index (κ3) is 2.22. The molecular formula is C14H7BF6O. The summed E-state index contributed by atoms with van der Waals surface area (Å²) < 4.78 is 87.4. The fourth-order valence-corrected chi connectivity index (χ4v) is 2.00. The van der Waals surface area contributed by atoms with Crippen LogP contribution in [0.2, 0.25) is 0 Å². The van der Waals surface area contributed by atoms with E-state index in [0.717, 1.165) is 14.0 Å². The topological polar surface area (TPSA) is 9.23 Å². The Hall–Kier alpha value is -2.12. The van der Waals surface area contributed by atoms with E-state index in [0.29, 0.717) is 6.07 Å². The van der Waals surface area contributed by atoms with Crippen molar-refractivity contribution >= 4 is 13.3 Å². The van der Waals surface area contributed by atoms with E-state index in [1.807, 2.05) is 0 Å². The number of aryl methyl sites for hydroxylation is 1. The highest BCUT2D eigenvalue weighted by Gasteiger charge is 2.29. The largest absolute Gasteiger partial charge is 0.491 e. The summed E-state index contributed by atoms with van der Waals surface area (Å²) in [5.74, 6) is -10.9. The molecule has 0 saturated heterocycles. The van der Waals surface area contributed by atoms with Crippen LogP contribution in [0, 0.1) is 41.8 Å². The van der Waals surface area contributed by atoms with E-state index in [2.05, 4.69) is 4.74 Å². The standard InChI is InChI=1S/C14H7BF6O/c1-4-3-5(16)6(11(19)9(4)17)7-10(18)8(15)13(21)14(22-2)12(7)20/h3H,1-2H3. The molecule has 0 heterocycles. The Balaban J connectivity index is 2.97. The Morgan fingerprint density at radius 2 is 1.41 bits per heavy atom. The van der Waals surface area contributed by atoms with Gasteiger partial charge in [0.1, 0.15) is 19.5 Å². The van der Waals surface area contributed by atoms with Gasteiger partial charge in [-0.3, -0.25) is 0 Å². The molecule has 0 spiro atoms. The molecule has 0 unspecified atom stereocenters. The molecule has 2 aromatic rings. The highest BCUT2D eigenvalue weighted by molar-refractivity contribution is 6.33. The Kier molecular flexibility index (Phi) is 4.13. The molecule has 0 aromatic heterocycles. The van der Waals surface area contributed by atoms with E-state index >= 15 is 0 Å². The molecule has 0 saturated carbocycles. The van der Waals surface area contributed by atoms with E-state index in [-0.39, 0.29) is 0 Å². The third-order valence-corrected chi connectivity index (χ3v) is 3.11. The van der Waals surface area contributed by atoms with Crippen LogP contribution in [0.4, 0.5) is 26.3 Å². The summed E-state index contributed by atoms with van der Waals surface area (Å²) in [4.78, 5) is 0. The summed E-state index contributed by atoms with van der Waals surface area (Å²) in [6, 6.07) is 0.554. The molecule has 0 fully saturated rings. The van der Waals surface area contributed by atoms with Crippen LogP contribution >= 0.6 is 0 Å². The van der Waals surface area contributed by atoms with E-state index in [1.165, 1.54) is 0 Å². The SMILES string of the molecule is [B]c1c(F)c(OC)c(F)c(-c2c(F)cc(C)c(F)c2F)c1F. The summed E-state index contributed by atoms with van der Waals surface area (Å²) in [6.07, 6.45) is 0. The van der Waals surface area contributed by atoms with Crippen LogP contribution in [0.15, 0.2) is 6.07 Å². The molecule has 8 heteroatoms. The second-order valence-electron chi connectivity index (χ2n) is 4.44. The van der Waals surface area contributed by atoms with Crippen molar-refractivity contribution in [2.75, 3.05) is 7.11 Å². The fraction of sp³-hybridized carbons (Fsp3) is 0.143. The summed E-state index contributed by atoms with van der Waals surface area (Å²) in [5, 5.41) is 0. The van der Waals surface area contributed by atoms with Crippen molar-refractivity contribution in [1.29, 1.82) is 0 Å². The summed E-state index contributed by atoms with van der Waals surface area (Å²) in [5.41, 5.74) is -4.28. The smallest absolute Gasteiger partial charge is 0.190 e. The van der Waals surface area contributed by atoms with Crippen LogP contribution in [0.5, 0.6) is 5.75 Å². The van der Waals surface area contributed by atoms with E-state index < -0.39 is 62.8 Å². The molecule has 22 heavy (non-hydrogen) atoms. The number of hydrogen-bond acceptors (Lipinski definition) is 1. The molecule has 2 rings (SSSR count). The Morgan fingerprint density at radius 1 is 0.818 bits per heavy atom. The van der Waals surface area contributed by atoms with Crippen LogP contribution < -0.4 is 10.2 Å². The first-order valence-corrected chi connectivity index (χ1v) is 5.86. The van der Waals surface area contributed by atoms with Crippen molar-refractivity contribution in [3.8, 4) is 16.9 Å². The quantitative estimate of drug-likeness (QED) is 0.469. The van der Waals surface area contributed by atoms with Crippen LogP contribution in [0.3, 0.4) is 0 Å². The summed E-state index contributed by atoms with van der Waals surface area (Å²) >= 11 is 0. The number of halogens is 6. The maximum Gasteiger partial charge on any atom is 0.190 e. The minimum atomic E-state index is -1.82. The lowest BCUT2D eigenvalue weighted by Gasteiger charge is -2.15. The lowest BCUT2D eigenvalue weighted by molar-refractivity contribution is 0.359. The number of benzene rings is 2. The molecular weight excluding hydrogens is 309 g/mol. The zero-order valence-electron chi connectivity index (χ0n) is 11.3. The van der Waals surface area contributed by atoms with Crippen LogP contribution in [0.1, 0.15) is 5.56 Å². The number of ether oxygens (including phenoxy) is 1.